The largest absolute Gasteiger partial charge is 0.342 e. The molecule has 1 heterocycles. The van der Waals surface area contributed by atoms with E-state index in [9.17, 15) is 9.59 Å². The van der Waals surface area contributed by atoms with Crippen LogP contribution in [0.2, 0.25) is 0 Å². The Labute approximate surface area is 191 Å². The summed E-state index contributed by atoms with van der Waals surface area (Å²) in [6, 6.07) is 17.3. The van der Waals surface area contributed by atoms with Crippen LogP contribution >= 0.6 is 11.8 Å². The Hall–Kier alpha value is -3.44. The van der Waals surface area contributed by atoms with Crippen molar-refractivity contribution in [1.82, 2.24) is 20.1 Å². The predicted octanol–water partition coefficient (Wildman–Crippen LogP) is 4.27. The number of carbonyl (C=O) groups excluding carboxylic acids is 2. The first kappa shape index (κ1) is 23.2. The number of nitrogens with one attached hydrogen (secondary N) is 1. The number of ketones is 1. The zero-order valence-corrected chi connectivity index (χ0v) is 19.1. The monoisotopic (exact) mass is 447 g/mol. The molecule has 0 saturated carbocycles. The Kier molecular flexibility index (Phi) is 7.79. The van der Waals surface area contributed by atoms with Crippen molar-refractivity contribution in [3.8, 4) is 6.07 Å². The van der Waals surface area contributed by atoms with Crippen LogP contribution in [0.3, 0.4) is 0 Å². The van der Waals surface area contributed by atoms with Crippen molar-refractivity contribution in [2.24, 2.45) is 5.92 Å². The number of Topliss-reactive ketones (excluding diaryl/α,β-unsaturated/α-hetero) is 1. The summed E-state index contributed by atoms with van der Waals surface area (Å²) in [4.78, 5) is 25.1. The number of thioether (sulfide) groups is 1. The third-order valence-corrected chi connectivity index (χ3v) is 5.70. The molecule has 0 aliphatic carbocycles. The van der Waals surface area contributed by atoms with Gasteiger partial charge in [0.2, 0.25) is 0 Å². The van der Waals surface area contributed by atoms with Gasteiger partial charge in [0.25, 0.3) is 5.91 Å². The molecule has 0 aliphatic rings. The van der Waals surface area contributed by atoms with Crippen molar-refractivity contribution in [2.75, 3.05) is 5.75 Å². The number of benzene rings is 2. The molecule has 0 saturated heterocycles. The number of hydrogen-bond acceptors (Lipinski definition) is 6. The van der Waals surface area contributed by atoms with E-state index < -0.39 is 0 Å². The molecule has 0 spiro atoms. The third kappa shape index (κ3) is 5.83. The number of carbonyl (C=O) groups is 2. The second kappa shape index (κ2) is 10.7. The van der Waals surface area contributed by atoms with E-state index in [-0.39, 0.29) is 23.5 Å². The normalized spacial score (nSPS) is 11.7. The molecule has 1 aromatic heterocycles. The minimum absolute atomic E-state index is 0.0504. The van der Waals surface area contributed by atoms with Gasteiger partial charge in [-0.25, -0.2) is 0 Å². The smallest absolute Gasteiger partial charge is 0.251 e. The fourth-order valence-electron chi connectivity index (χ4n) is 3.14. The lowest BCUT2D eigenvalue weighted by atomic mass is 10.1. The van der Waals surface area contributed by atoms with Gasteiger partial charge in [-0.05, 0) is 37.1 Å². The maximum absolute atomic E-state index is 12.6. The van der Waals surface area contributed by atoms with Crippen LogP contribution in [0.1, 0.15) is 58.9 Å². The Bertz CT molecular complexity index is 1120. The van der Waals surface area contributed by atoms with Crippen LogP contribution in [0.4, 0.5) is 0 Å². The van der Waals surface area contributed by atoms with E-state index in [0.29, 0.717) is 40.1 Å². The molecule has 1 N–H and O–H groups in total. The highest BCUT2D eigenvalue weighted by molar-refractivity contribution is 7.99. The van der Waals surface area contributed by atoms with Crippen LogP contribution in [0.25, 0.3) is 0 Å². The third-order valence-electron chi connectivity index (χ3n) is 4.73. The Morgan fingerprint density at radius 3 is 2.34 bits per heavy atom. The van der Waals surface area contributed by atoms with Gasteiger partial charge in [0.05, 0.1) is 23.4 Å². The molecule has 8 heteroatoms. The van der Waals surface area contributed by atoms with E-state index in [2.05, 4.69) is 29.4 Å². The molecular formula is C24H25N5O2S. The number of nitriles is 1. The second-order valence-electron chi connectivity index (χ2n) is 7.81. The van der Waals surface area contributed by atoms with Gasteiger partial charge in [-0.1, -0.05) is 55.9 Å². The Morgan fingerprint density at radius 1 is 1.03 bits per heavy atom. The van der Waals surface area contributed by atoms with Crippen LogP contribution in [0.5, 0.6) is 0 Å². The van der Waals surface area contributed by atoms with Crippen LogP contribution in [-0.4, -0.2) is 32.2 Å². The van der Waals surface area contributed by atoms with Crippen LogP contribution in [-0.2, 0) is 6.54 Å². The van der Waals surface area contributed by atoms with Gasteiger partial charge in [-0.3, -0.25) is 9.59 Å². The quantitative estimate of drug-likeness (QED) is 0.388. The number of nitrogens with zero attached hydrogens (tertiary/aromatic N) is 4. The molecule has 0 fully saturated rings. The molecule has 2 aromatic carbocycles. The van der Waals surface area contributed by atoms with Gasteiger partial charge in [0, 0.05) is 17.7 Å². The van der Waals surface area contributed by atoms with E-state index in [1.54, 1.807) is 36.4 Å². The Balaban J connectivity index is 1.73. The zero-order valence-electron chi connectivity index (χ0n) is 18.3. The summed E-state index contributed by atoms with van der Waals surface area (Å²) < 4.78 is 1.97. The van der Waals surface area contributed by atoms with E-state index in [1.807, 2.05) is 35.8 Å². The van der Waals surface area contributed by atoms with Crippen molar-refractivity contribution >= 4 is 23.5 Å². The van der Waals surface area contributed by atoms with Crippen LogP contribution in [0.15, 0.2) is 59.8 Å². The van der Waals surface area contributed by atoms with Gasteiger partial charge in [-0.2, -0.15) is 5.26 Å². The lowest BCUT2D eigenvalue weighted by molar-refractivity contribution is 0.0936. The summed E-state index contributed by atoms with van der Waals surface area (Å²) in [7, 11) is 0. The lowest BCUT2D eigenvalue weighted by Crippen LogP contribution is -2.29. The van der Waals surface area contributed by atoms with E-state index in [1.165, 1.54) is 11.8 Å². The summed E-state index contributed by atoms with van der Waals surface area (Å²) in [6.07, 6.45) is 0. The van der Waals surface area contributed by atoms with Crippen molar-refractivity contribution in [3.05, 3.63) is 77.1 Å². The van der Waals surface area contributed by atoms with E-state index >= 15 is 0 Å². The average Bonchev–Trinajstić information content (AvgIpc) is 3.19. The summed E-state index contributed by atoms with van der Waals surface area (Å²) >= 11 is 1.32. The average molecular weight is 448 g/mol. The van der Waals surface area contributed by atoms with Crippen molar-refractivity contribution in [3.63, 3.8) is 0 Å². The standard InChI is InChI=1S/C24H25N5O2S/c1-16(2)14-29-22(17(3)26-23(31)20-7-5-4-6-8-20)27-28-24(29)32-15-21(30)19-11-9-18(13-25)10-12-19/h4-12,16-17H,14-15H2,1-3H3,(H,26,31). The van der Waals surface area contributed by atoms with Crippen molar-refractivity contribution in [1.29, 1.82) is 5.26 Å². The zero-order chi connectivity index (χ0) is 23.1. The van der Waals surface area contributed by atoms with Gasteiger partial charge in [0.1, 0.15) is 0 Å². The first-order valence-corrected chi connectivity index (χ1v) is 11.3. The first-order valence-electron chi connectivity index (χ1n) is 10.3. The minimum Gasteiger partial charge on any atom is -0.342 e. The molecule has 164 valence electrons. The molecule has 32 heavy (non-hydrogen) atoms. The van der Waals surface area contributed by atoms with Crippen molar-refractivity contribution in [2.45, 2.75) is 38.5 Å². The van der Waals surface area contributed by atoms with Gasteiger partial charge in [-0.15, -0.1) is 10.2 Å². The molecule has 1 atom stereocenters. The number of aromatic nitrogens is 3. The maximum Gasteiger partial charge on any atom is 0.251 e. The molecule has 3 rings (SSSR count). The number of rotatable bonds is 9. The van der Waals surface area contributed by atoms with Gasteiger partial charge >= 0.3 is 0 Å². The van der Waals surface area contributed by atoms with E-state index in [0.717, 1.165) is 0 Å². The topological polar surface area (TPSA) is 101 Å². The molecule has 0 bridgehead atoms. The highest BCUT2D eigenvalue weighted by Gasteiger charge is 2.21. The maximum atomic E-state index is 12.6. The first-order chi connectivity index (χ1) is 15.4. The summed E-state index contributed by atoms with van der Waals surface area (Å²) in [5, 5.41) is 21.1. The highest BCUT2D eigenvalue weighted by atomic mass is 32.2. The van der Waals surface area contributed by atoms with E-state index in [4.69, 9.17) is 5.26 Å². The number of amides is 1. The molecule has 1 unspecified atom stereocenters. The van der Waals surface area contributed by atoms with Crippen LogP contribution in [0, 0.1) is 17.2 Å². The molecule has 3 aromatic rings. The van der Waals surface area contributed by atoms with Crippen LogP contribution < -0.4 is 5.32 Å². The SMILES string of the molecule is CC(C)Cn1c(SCC(=O)c2ccc(C#N)cc2)nnc1C(C)NC(=O)c1ccccc1. The summed E-state index contributed by atoms with van der Waals surface area (Å²) in [6.45, 7) is 6.72. The fraction of sp³-hybridized carbons (Fsp3) is 0.292. The Morgan fingerprint density at radius 2 is 1.72 bits per heavy atom. The van der Waals surface area contributed by atoms with Gasteiger partial charge in [0.15, 0.2) is 16.8 Å². The molecule has 0 aliphatic heterocycles. The molecule has 1 amide bonds. The molecular weight excluding hydrogens is 422 g/mol. The number of hydrogen-bond donors (Lipinski definition) is 1. The fourth-order valence-corrected chi connectivity index (χ4v) is 3.99. The van der Waals surface area contributed by atoms with Gasteiger partial charge < -0.3 is 9.88 Å². The minimum atomic E-state index is -0.350. The highest BCUT2D eigenvalue weighted by Crippen LogP contribution is 2.23. The predicted molar refractivity (Wildman–Crippen MR) is 123 cm³/mol. The molecule has 0 radical (unpaired) electrons. The van der Waals surface area contributed by atoms with Crippen molar-refractivity contribution < 1.29 is 9.59 Å². The lowest BCUT2D eigenvalue weighted by Gasteiger charge is -2.17. The summed E-state index contributed by atoms with van der Waals surface area (Å²) in [5.41, 5.74) is 1.65. The second-order valence-corrected chi connectivity index (χ2v) is 8.75. The molecule has 7 nitrogen and oxygen atoms in total. The summed E-state index contributed by atoms with van der Waals surface area (Å²) in [5.74, 6) is 0.951.